The minimum atomic E-state index is -5.08. The Bertz CT molecular complexity index is 1040. The van der Waals surface area contributed by atoms with Crippen molar-refractivity contribution in [1.29, 1.82) is 0 Å². The predicted octanol–water partition coefficient (Wildman–Crippen LogP) is -0.476. The topological polar surface area (TPSA) is 237 Å². The molecule has 0 radical (unpaired) electrons. The van der Waals surface area contributed by atoms with Crippen LogP contribution in [0.3, 0.4) is 0 Å². The number of carboxylic acid groups (broad SMARTS) is 1. The first-order chi connectivity index (χ1) is 18.5. The molecule has 0 unspecified atom stereocenters. The van der Waals surface area contributed by atoms with Gasteiger partial charge in [-0.25, -0.2) is 9.59 Å². The highest BCUT2D eigenvalue weighted by Gasteiger charge is 2.38. The highest BCUT2D eigenvalue weighted by molar-refractivity contribution is 6.04. The van der Waals surface area contributed by atoms with Crippen molar-refractivity contribution in [1.82, 2.24) is 10.6 Å². The van der Waals surface area contributed by atoms with Gasteiger partial charge in [-0.05, 0) is 37.5 Å². The summed E-state index contributed by atoms with van der Waals surface area (Å²) in [7, 11) is 1.28. The van der Waals surface area contributed by atoms with Gasteiger partial charge in [0.2, 0.25) is 17.7 Å². The number of aliphatic carboxylic acids is 1. The number of nitrogens with one attached hydrogen (secondary N) is 2. The lowest BCUT2D eigenvalue weighted by molar-refractivity contribution is -0.192. The molecule has 14 nitrogen and oxygen atoms in total. The molecule has 0 saturated carbocycles. The number of nitrogens with zero attached hydrogens (tertiary/aromatic N) is 1. The number of hydrogen-bond acceptors (Lipinski definition) is 8. The Hall–Kier alpha value is -4.41. The van der Waals surface area contributed by atoms with Gasteiger partial charge in [0.1, 0.15) is 12.1 Å². The van der Waals surface area contributed by atoms with Crippen LogP contribution in [0.5, 0.6) is 0 Å². The van der Waals surface area contributed by atoms with Gasteiger partial charge in [-0.2, -0.15) is 13.2 Å². The van der Waals surface area contributed by atoms with Crippen molar-refractivity contribution in [2.45, 2.75) is 50.9 Å². The van der Waals surface area contributed by atoms with Gasteiger partial charge in [0, 0.05) is 25.2 Å². The lowest BCUT2D eigenvalue weighted by Crippen LogP contribution is -2.55. The van der Waals surface area contributed by atoms with E-state index in [-0.39, 0.29) is 32.4 Å². The van der Waals surface area contributed by atoms with Crippen molar-refractivity contribution >= 4 is 41.4 Å². The molecule has 0 aliphatic rings. The maximum absolute atomic E-state index is 13.3. The zero-order chi connectivity index (χ0) is 31.0. The van der Waals surface area contributed by atoms with Crippen LogP contribution in [0, 0.1) is 0 Å². The fourth-order valence-electron chi connectivity index (χ4n) is 3.09. The van der Waals surface area contributed by atoms with Gasteiger partial charge in [0.05, 0.1) is 13.5 Å². The highest BCUT2D eigenvalue weighted by atomic mass is 19.4. The maximum atomic E-state index is 13.3. The number of anilines is 1. The average molecular weight is 579 g/mol. The lowest BCUT2D eigenvalue weighted by Gasteiger charge is -2.32. The third-order valence-electron chi connectivity index (χ3n) is 4.98. The Labute approximate surface area is 227 Å². The fraction of sp³-hybridized carbons (Fsp3) is 0.478. The molecule has 0 fully saturated rings. The molecule has 0 aromatic heterocycles. The Morgan fingerprint density at radius 2 is 1.62 bits per heavy atom. The second kappa shape index (κ2) is 17.2. The molecule has 224 valence electrons. The van der Waals surface area contributed by atoms with E-state index in [4.69, 9.17) is 27.1 Å². The molecular weight excluding hydrogens is 545 g/mol. The van der Waals surface area contributed by atoms with E-state index < -0.39 is 54.0 Å². The van der Waals surface area contributed by atoms with Crippen LogP contribution in [0.2, 0.25) is 0 Å². The number of benzene rings is 1. The number of urea groups is 1. The first kappa shape index (κ1) is 35.6. The number of primary amides is 2. The number of carbonyl (C=O) groups excluding carboxylic acids is 5. The van der Waals surface area contributed by atoms with E-state index in [1.165, 1.54) is 18.9 Å². The first-order valence-corrected chi connectivity index (χ1v) is 11.7. The van der Waals surface area contributed by atoms with Gasteiger partial charge >= 0.3 is 24.1 Å². The number of carbonyl (C=O) groups is 6. The number of ether oxygens (including phenoxy) is 1. The van der Waals surface area contributed by atoms with E-state index in [9.17, 15) is 37.1 Å². The van der Waals surface area contributed by atoms with Crippen molar-refractivity contribution in [3.63, 3.8) is 0 Å². The molecule has 2 atom stereocenters. The summed E-state index contributed by atoms with van der Waals surface area (Å²) in [5.74, 6) is -4.92. The number of alkyl halides is 3. The van der Waals surface area contributed by atoms with Gasteiger partial charge < -0.3 is 37.7 Å². The summed E-state index contributed by atoms with van der Waals surface area (Å²) in [5.41, 5.74) is 17.0. The van der Waals surface area contributed by atoms with Crippen LogP contribution in [-0.2, 0) is 35.1 Å². The smallest absolute Gasteiger partial charge is 0.475 e. The molecule has 0 heterocycles. The summed E-state index contributed by atoms with van der Waals surface area (Å²) in [6.07, 6.45) is -4.56. The van der Waals surface area contributed by atoms with Crippen molar-refractivity contribution in [2.24, 2.45) is 17.2 Å². The SMILES string of the molecule is COC(=O)Cc1ccc(N(C(=O)[C@H](C)NC(=O)CCN)[C@@H](CCCNC(N)=O)C(N)=O)cc1.O=C(O)C(F)(F)F. The van der Waals surface area contributed by atoms with Gasteiger partial charge in [-0.15, -0.1) is 0 Å². The normalized spacial score (nSPS) is 12.1. The van der Waals surface area contributed by atoms with Gasteiger partial charge in [0.15, 0.2) is 0 Å². The summed E-state index contributed by atoms with van der Waals surface area (Å²) in [6.45, 7) is 1.79. The minimum absolute atomic E-state index is 0.0360. The van der Waals surface area contributed by atoms with Gasteiger partial charge in [0.25, 0.3) is 0 Å². The van der Waals surface area contributed by atoms with Crippen molar-refractivity contribution in [3.05, 3.63) is 29.8 Å². The van der Waals surface area contributed by atoms with Gasteiger partial charge in [-0.3, -0.25) is 24.1 Å². The van der Waals surface area contributed by atoms with Crippen LogP contribution in [0.15, 0.2) is 24.3 Å². The van der Waals surface area contributed by atoms with Crippen LogP contribution in [0.4, 0.5) is 23.7 Å². The number of nitrogens with two attached hydrogens (primary N) is 3. The number of methoxy groups -OCH3 is 1. The van der Waals surface area contributed by atoms with E-state index in [0.717, 1.165) is 0 Å². The molecule has 0 aliphatic carbocycles. The monoisotopic (exact) mass is 578 g/mol. The van der Waals surface area contributed by atoms with Crippen LogP contribution in [0.1, 0.15) is 31.7 Å². The second-order valence-corrected chi connectivity index (χ2v) is 8.11. The average Bonchev–Trinajstić information content (AvgIpc) is 2.85. The minimum Gasteiger partial charge on any atom is -0.475 e. The third kappa shape index (κ3) is 13.4. The third-order valence-corrected chi connectivity index (χ3v) is 4.98. The Kier molecular flexibility index (Phi) is 15.3. The zero-order valence-corrected chi connectivity index (χ0v) is 21.8. The van der Waals surface area contributed by atoms with Crippen LogP contribution in [0.25, 0.3) is 0 Å². The maximum Gasteiger partial charge on any atom is 0.490 e. The molecule has 9 N–H and O–H groups in total. The van der Waals surface area contributed by atoms with Crippen LogP contribution < -0.4 is 32.7 Å². The first-order valence-electron chi connectivity index (χ1n) is 11.7. The van der Waals surface area contributed by atoms with E-state index in [0.29, 0.717) is 17.7 Å². The molecule has 1 aromatic carbocycles. The zero-order valence-electron chi connectivity index (χ0n) is 21.8. The number of esters is 1. The molecule has 1 aromatic rings. The summed E-state index contributed by atoms with van der Waals surface area (Å²) < 4.78 is 36.4. The van der Waals surface area contributed by atoms with Crippen molar-refractivity contribution < 1.29 is 51.8 Å². The highest BCUT2D eigenvalue weighted by Crippen LogP contribution is 2.22. The quantitative estimate of drug-likeness (QED) is 0.131. The molecule has 40 heavy (non-hydrogen) atoms. The molecule has 0 spiro atoms. The molecule has 0 aliphatic heterocycles. The standard InChI is InChI=1S/C21H32N6O6.C2HF3O2/c1-13(26-17(28)9-10-22)20(31)27(16(19(23)30)4-3-11-25-21(24)32)15-7-5-14(6-8-15)12-18(29)33-2;3-2(4,5)1(6)7/h5-8,13,16H,3-4,9-12,22H2,1-2H3,(H2,23,30)(H,26,28)(H3,24,25,32);(H,6,7)/t13-,16-;/m0./s1. The molecule has 17 heteroatoms. The molecule has 0 bridgehead atoms. The number of halogens is 3. The molecule has 0 saturated heterocycles. The number of carboxylic acids is 1. The second-order valence-electron chi connectivity index (χ2n) is 8.11. The van der Waals surface area contributed by atoms with Crippen LogP contribution >= 0.6 is 0 Å². The van der Waals surface area contributed by atoms with E-state index in [1.54, 1.807) is 24.3 Å². The summed E-state index contributed by atoms with van der Waals surface area (Å²) >= 11 is 0. The number of rotatable bonds is 13. The number of amides is 5. The fourth-order valence-corrected chi connectivity index (χ4v) is 3.09. The van der Waals surface area contributed by atoms with E-state index in [2.05, 4.69) is 15.4 Å². The summed E-state index contributed by atoms with van der Waals surface area (Å²) in [6, 6.07) is 3.64. The predicted molar refractivity (Wildman–Crippen MR) is 134 cm³/mol. The largest absolute Gasteiger partial charge is 0.490 e. The van der Waals surface area contributed by atoms with E-state index >= 15 is 0 Å². The molecule has 1 rings (SSSR count). The Morgan fingerprint density at radius 1 is 1.07 bits per heavy atom. The summed E-state index contributed by atoms with van der Waals surface area (Å²) in [4.78, 5) is 70.0. The Balaban J connectivity index is 0.00000191. The lowest BCUT2D eigenvalue weighted by atomic mass is 10.0. The van der Waals surface area contributed by atoms with Crippen molar-refractivity contribution in [3.8, 4) is 0 Å². The van der Waals surface area contributed by atoms with Gasteiger partial charge in [-0.1, -0.05) is 12.1 Å². The Morgan fingerprint density at radius 3 is 2.05 bits per heavy atom. The van der Waals surface area contributed by atoms with Crippen molar-refractivity contribution in [2.75, 3.05) is 25.1 Å². The number of hydrogen-bond donors (Lipinski definition) is 6. The van der Waals surface area contributed by atoms with E-state index in [1.807, 2.05) is 0 Å². The van der Waals surface area contributed by atoms with Crippen LogP contribution in [-0.4, -0.2) is 79.3 Å². The summed E-state index contributed by atoms with van der Waals surface area (Å²) in [5, 5.41) is 12.1. The molecular formula is C23H33F3N6O8. The molecule has 5 amide bonds.